The smallest absolute Gasteiger partial charge is 0.197 e. The minimum Gasteiger partial charge on any atom is -0.197 e. The van der Waals surface area contributed by atoms with E-state index in [9.17, 15) is 39.5 Å². The number of rotatable bonds is 3. The van der Waals surface area contributed by atoms with Gasteiger partial charge in [0, 0.05) is 0 Å². The molecule has 0 heterocycles. The fourth-order valence-corrected chi connectivity index (χ4v) is 1.86. The summed E-state index contributed by atoms with van der Waals surface area (Å²) in [6, 6.07) is 0. The van der Waals surface area contributed by atoms with Crippen molar-refractivity contribution in [2.45, 2.75) is 30.4 Å². The molecule has 0 amide bonds. The first-order valence-corrected chi connectivity index (χ1v) is 5.95. The van der Waals surface area contributed by atoms with Gasteiger partial charge < -0.3 is 0 Å². The molecule has 0 N–H and O–H groups in total. The van der Waals surface area contributed by atoms with Gasteiger partial charge in [-0.15, -0.1) is 0 Å². The molecule has 1 aliphatic rings. The highest BCUT2D eigenvalue weighted by atomic mass is 19.4. The van der Waals surface area contributed by atoms with Gasteiger partial charge in [-0.2, -0.15) is 39.5 Å². The number of alkyl halides is 9. The van der Waals surface area contributed by atoms with E-state index < -0.39 is 35.8 Å². The average Bonchev–Trinajstić information content (AvgIpc) is 2.44. The van der Waals surface area contributed by atoms with Gasteiger partial charge in [-0.25, -0.2) is 0 Å². The zero-order valence-corrected chi connectivity index (χ0v) is 11.2. The van der Waals surface area contributed by atoms with Crippen LogP contribution in [0.5, 0.6) is 0 Å². The van der Waals surface area contributed by atoms with Crippen LogP contribution in [-0.2, 0) is 0 Å². The average molecular weight is 348 g/mol. The molecule has 0 saturated carbocycles. The van der Waals surface area contributed by atoms with Gasteiger partial charge >= 0.3 is 23.9 Å². The molecular formula is C14H9F9. The predicted molar refractivity (Wildman–Crippen MR) is 64.2 cm³/mol. The van der Waals surface area contributed by atoms with Crippen LogP contribution in [0.25, 0.3) is 0 Å². The van der Waals surface area contributed by atoms with E-state index in [2.05, 4.69) is 6.58 Å². The third-order valence-electron chi connectivity index (χ3n) is 3.17. The van der Waals surface area contributed by atoms with Crippen LogP contribution in [0.3, 0.4) is 0 Å². The molecule has 0 nitrogen and oxygen atoms in total. The second-order valence-corrected chi connectivity index (χ2v) is 4.66. The van der Waals surface area contributed by atoms with E-state index in [1.165, 1.54) is 0 Å². The summed E-state index contributed by atoms with van der Waals surface area (Å²) >= 11 is 0. The molecule has 0 aliphatic heterocycles. The maximum atomic E-state index is 14.1. The number of hydrogen-bond donors (Lipinski definition) is 0. The Labute approximate surface area is 125 Å². The molecule has 0 aromatic rings. The fourth-order valence-electron chi connectivity index (χ4n) is 1.86. The van der Waals surface area contributed by atoms with Crippen molar-refractivity contribution in [2.75, 3.05) is 0 Å². The van der Waals surface area contributed by atoms with Gasteiger partial charge in [0.1, 0.15) is 5.41 Å². The van der Waals surface area contributed by atoms with Crippen LogP contribution in [0.4, 0.5) is 39.5 Å². The van der Waals surface area contributed by atoms with E-state index in [0.29, 0.717) is 6.08 Å². The summed E-state index contributed by atoms with van der Waals surface area (Å²) in [7, 11) is 0. The van der Waals surface area contributed by atoms with Crippen molar-refractivity contribution in [3.05, 3.63) is 37.0 Å². The zero-order valence-electron chi connectivity index (χ0n) is 11.2. The minimum atomic E-state index is -6.94. The highest BCUT2D eigenvalue weighted by molar-refractivity contribution is 5.35. The highest BCUT2D eigenvalue weighted by Crippen LogP contribution is 2.59. The monoisotopic (exact) mass is 348 g/mol. The molecule has 0 spiro atoms. The Kier molecular flexibility index (Phi) is 4.72. The maximum absolute atomic E-state index is 14.1. The van der Waals surface area contributed by atoms with Crippen molar-refractivity contribution < 1.29 is 39.5 Å². The predicted octanol–water partition coefficient (Wildman–Crippen LogP) is 5.15. The van der Waals surface area contributed by atoms with E-state index in [1.54, 1.807) is 5.92 Å². The molecule has 23 heavy (non-hydrogen) atoms. The van der Waals surface area contributed by atoms with Gasteiger partial charge in [-0.1, -0.05) is 42.7 Å². The van der Waals surface area contributed by atoms with E-state index in [4.69, 9.17) is 0 Å². The lowest BCUT2D eigenvalue weighted by Crippen LogP contribution is -2.65. The van der Waals surface area contributed by atoms with Gasteiger partial charge in [0.25, 0.3) is 0 Å². The lowest BCUT2D eigenvalue weighted by molar-refractivity contribution is -0.405. The second-order valence-electron chi connectivity index (χ2n) is 4.66. The Morgan fingerprint density at radius 3 is 1.87 bits per heavy atom. The summed E-state index contributed by atoms with van der Waals surface area (Å²) in [5.41, 5.74) is -3.23. The van der Waals surface area contributed by atoms with Crippen molar-refractivity contribution in [2.24, 2.45) is 5.41 Å². The first-order chi connectivity index (χ1) is 10.3. The number of hydrogen-bond acceptors (Lipinski definition) is 0. The first kappa shape index (κ1) is 19.2. The Morgan fingerprint density at radius 1 is 0.913 bits per heavy atom. The van der Waals surface area contributed by atoms with Crippen LogP contribution in [0, 0.1) is 17.3 Å². The third-order valence-corrected chi connectivity index (χ3v) is 3.17. The fraction of sp³-hybridized carbons (Fsp3) is 0.429. The van der Waals surface area contributed by atoms with Gasteiger partial charge in [-0.05, 0) is 12.5 Å². The molecule has 128 valence electrons. The lowest BCUT2D eigenvalue weighted by Gasteiger charge is -2.41. The Hall–Kier alpha value is -1.85. The SMILES string of the molecule is C=CC#CC1(C(F)(F)C(F)(F)C(F)(F)C(F)(F)F)C=CC=CC1. The molecule has 0 aromatic heterocycles. The van der Waals surface area contributed by atoms with E-state index in [1.807, 2.05) is 5.92 Å². The molecule has 0 aromatic carbocycles. The highest BCUT2D eigenvalue weighted by Gasteiger charge is 2.85. The Balaban J connectivity index is 3.55. The molecule has 1 unspecified atom stereocenters. The van der Waals surface area contributed by atoms with Crippen molar-refractivity contribution in [1.29, 1.82) is 0 Å². The molecule has 1 aliphatic carbocycles. The number of halogens is 9. The molecular weight excluding hydrogens is 339 g/mol. The molecule has 0 bridgehead atoms. The van der Waals surface area contributed by atoms with Crippen LogP contribution in [0.15, 0.2) is 37.0 Å². The summed E-state index contributed by atoms with van der Waals surface area (Å²) in [4.78, 5) is 0. The molecule has 0 radical (unpaired) electrons. The molecule has 0 fully saturated rings. The van der Waals surface area contributed by atoms with Crippen LogP contribution in [0.2, 0.25) is 0 Å². The van der Waals surface area contributed by atoms with E-state index in [-0.39, 0.29) is 0 Å². The topological polar surface area (TPSA) is 0 Å². The minimum absolute atomic E-state index is 0.379. The lowest BCUT2D eigenvalue weighted by atomic mass is 9.72. The first-order valence-electron chi connectivity index (χ1n) is 5.95. The van der Waals surface area contributed by atoms with Crippen molar-refractivity contribution in [1.82, 2.24) is 0 Å². The summed E-state index contributed by atoms with van der Waals surface area (Å²) < 4.78 is 118. The third kappa shape index (κ3) is 2.75. The molecule has 9 heteroatoms. The summed E-state index contributed by atoms with van der Waals surface area (Å²) in [5.74, 6) is -16.0. The van der Waals surface area contributed by atoms with Crippen LogP contribution >= 0.6 is 0 Å². The van der Waals surface area contributed by atoms with Crippen LogP contribution in [0.1, 0.15) is 6.42 Å². The van der Waals surface area contributed by atoms with Gasteiger partial charge in [0.05, 0.1) is 0 Å². The van der Waals surface area contributed by atoms with Crippen LogP contribution in [-0.4, -0.2) is 23.9 Å². The Bertz CT molecular complexity index is 584. The quantitative estimate of drug-likeness (QED) is 0.489. The summed E-state index contributed by atoms with van der Waals surface area (Å²) in [6.45, 7) is 3.03. The normalized spacial score (nSPS) is 22.5. The van der Waals surface area contributed by atoms with E-state index in [0.717, 1.165) is 24.3 Å². The van der Waals surface area contributed by atoms with Gasteiger partial charge in [0.2, 0.25) is 0 Å². The largest absolute Gasteiger partial charge is 0.460 e. The molecule has 0 saturated heterocycles. The van der Waals surface area contributed by atoms with E-state index >= 15 is 0 Å². The van der Waals surface area contributed by atoms with Crippen molar-refractivity contribution in [3.8, 4) is 11.8 Å². The zero-order chi connectivity index (χ0) is 18.2. The summed E-state index contributed by atoms with van der Waals surface area (Å²) in [5, 5.41) is 0. The van der Waals surface area contributed by atoms with Crippen molar-refractivity contribution >= 4 is 0 Å². The van der Waals surface area contributed by atoms with Crippen LogP contribution < -0.4 is 0 Å². The standard InChI is InChI=1S/C14H9F9/c1-2-3-7-10(8-5-4-6-9-10)11(15,16)12(17,18)13(19,20)14(21,22)23/h2,4-6,8H,1,9H2. The Morgan fingerprint density at radius 2 is 1.48 bits per heavy atom. The van der Waals surface area contributed by atoms with Gasteiger partial charge in [0.15, 0.2) is 0 Å². The maximum Gasteiger partial charge on any atom is 0.460 e. The number of allylic oxidation sites excluding steroid dienone is 5. The molecule has 1 atom stereocenters. The van der Waals surface area contributed by atoms with Gasteiger partial charge in [-0.3, -0.25) is 0 Å². The second kappa shape index (κ2) is 5.65. The van der Waals surface area contributed by atoms with Crippen molar-refractivity contribution in [3.63, 3.8) is 0 Å². The molecule has 1 rings (SSSR count). The summed E-state index contributed by atoms with van der Waals surface area (Å²) in [6.07, 6.45) is -3.86.